The summed E-state index contributed by atoms with van der Waals surface area (Å²) in [5.74, 6) is 1.92. The third-order valence-corrected chi connectivity index (χ3v) is 6.18. The number of primary amides is 1. The van der Waals surface area contributed by atoms with E-state index in [1.807, 2.05) is 0 Å². The second-order valence-corrected chi connectivity index (χ2v) is 8.62. The van der Waals surface area contributed by atoms with Crippen molar-refractivity contribution < 1.29 is 4.79 Å². The Balaban J connectivity index is 0.00000364. The van der Waals surface area contributed by atoms with Gasteiger partial charge in [0.25, 0.3) is 0 Å². The van der Waals surface area contributed by atoms with Crippen LogP contribution in [0.25, 0.3) is 0 Å². The average Bonchev–Trinajstić information content (AvgIpc) is 2.58. The molecular formula is C20H40IN5O. The smallest absolute Gasteiger partial charge is 0.217 e. The monoisotopic (exact) mass is 493 g/mol. The van der Waals surface area contributed by atoms with Crippen LogP contribution in [0.4, 0.5) is 0 Å². The van der Waals surface area contributed by atoms with Crippen molar-refractivity contribution in [1.82, 2.24) is 15.1 Å². The molecule has 3 unspecified atom stereocenters. The first-order valence-corrected chi connectivity index (χ1v) is 10.4. The first-order valence-electron chi connectivity index (χ1n) is 10.4. The normalized spacial score (nSPS) is 29.4. The van der Waals surface area contributed by atoms with Crippen molar-refractivity contribution in [3.8, 4) is 0 Å². The van der Waals surface area contributed by atoms with Gasteiger partial charge in [-0.3, -0.25) is 9.79 Å². The summed E-state index contributed by atoms with van der Waals surface area (Å²) in [6.07, 6.45) is 7.71. The fraction of sp³-hybridized carbons (Fsp3) is 0.900. The van der Waals surface area contributed by atoms with Gasteiger partial charge in [0.2, 0.25) is 5.91 Å². The van der Waals surface area contributed by atoms with Crippen LogP contribution in [-0.4, -0.2) is 67.5 Å². The summed E-state index contributed by atoms with van der Waals surface area (Å²) in [4.78, 5) is 21.1. The number of nitrogens with one attached hydrogen (secondary N) is 1. The molecule has 0 aromatic carbocycles. The van der Waals surface area contributed by atoms with E-state index in [2.05, 4.69) is 43.1 Å². The van der Waals surface area contributed by atoms with Gasteiger partial charge in [-0.15, -0.1) is 24.0 Å². The van der Waals surface area contributed by atoms with Gasteiger partial charge in [0.1, 0.15) is 0 Å². The SMILES string of the molecule is CCNC(=NCC1(N(C)C)CCCC(C)C1)N1CCCC(CC(N)=O)C1.I. The van der Waals surface area contributed by atoms with E-state index in [9.17, 15) is 4.79 Å². The molecule has 1 saturated carbocycles. The summed E-state index contributed by atoms with van der Waals surface area (Å²) in [6, 6.07) is 0. The van der Waals surface area contributed by atoms with Gasteiger partial charge in [-0.2, -0.15) is 0 Å². The number of aliphatic imine (C=N–C) groups is 1. The minimum absolute atomic E-state index is 0. The van der Waals surface area contributed by atoms with Crippen LogP contribution >= 0.6 is 24.0 Å². The fourth-order valence-electron chi connectivity index (χ4n) is 4.68. The first-order chi connectivity index (χ1) is 12.4. The van der Waals surface area contributed by atoms with Gasteiger partial charge < -0.3 is 20.9 Å². The van der Waals surface area contributed by atoms with Gasteiger partial charge in [-0.1, -0.05) is 19.8 Å². The maximum atomic E-state index is 11.3. The van der Waals surface area contributed by atoms with E-state index in [0.29, 0.717) is 12.3 Å². The Bertz CT molecular complexity index is 499. The molecule has 1 saturated heterocycles. The predicted molar refractivity (Wildman–Crippen MR) is 124 cm³/mol. The maximum absolute atomic E-state index is 11.3. The minimum Gasteiger partial charge on any atom is -0.370 e. The predicted octanol–water partition coefficient (Wildman–Crippen LogP) is 2.67. The summed E-state index contributed by atoms with van der Waals surface area (Å²) in [7, 11) is 4.40. The highest BCUT2D eigenvalue weighted by molar-refractivity contribution is 14.0. The van der Waals surface area contributed by atoms with Gasteiger partial charge in [0, 0.05) is 31.6 Å². The van der Waals surface area contributed by atoms with E-state index in [-0.39, 0.29) is 35.4 Å². The summed E-state index contributed by atoms with van der Waals surface area (Å²) < 4.78 is 0. The number of hydrogen-bond donors (Lipinski definition) is 2. The van der Waals surface area contributed by atoms with Crippen molar-refractivity contribution in [2.45, 2.75) is 64.3 Å². The first kappa shape index (κ1) is 24.5. The van der Waals surface area contributed by atoms with Gasteiger partial charge in [-0.25, -0.2) is 0 Å². The molecule has 1 aliphatic carbocycles. The van der Waals surface area contributed by atoms with Crippen LogP contribution in [0.5, 0.6) is 0 Å². The number of piperidine rings is 1. The molecule has 1 aliphatic heterocycles. The average molecular weight is 493 g/mol. The van der Waals surface area contributed by atoms with Crippen molar-refractivity contribution in [3.05, 3.63) is 0 Å². The summed E-state index contributed by atoms with van der Waals surface area (Å²) >= 11 is 0. The van der Waals surface area contributed by atoms with Gasteiger partial charge in [0.05, 0.1) is 6.54 Å². The zero-order valence-corrected chi connectivity index (χ0v) is 20.0. The van der Waals surface area contributed by atoms with Crippen LogP contribution in [0, 0.1) is 11.8 Å². The van der Waals surface area contributed by atoms with Crippen molar-refractivity contribution in [3.63, 3.8) is 0 Å². The number of carbonyl (C=O) groups is 1. The van der Waals surface area contributed by atoms with Gasteiger partial charge >= 0.3 is 0 Å². The Morgan fingerprint density at radius 2 is 2.07 bits per heavy atom. The lowest BCUT2D eigenvalue weighted by atomic mass is 9.75. The lowest BCUT2D eigenvalue weighted by Crippen LogP contribution is -2.52. The number of halogens is 1. The highest BCUT2D eigenvalue weighted by Gasteiger charge is 2.37. The van der Waals surface area contributed by atoms with Crippen molar-refractivity contribution in [2.24, 2.45) is 22.6 Å². The molecule has 7 heteroatoms. The van der Waals surface area contributed by atoms with E-state index in [4.69, 9.17) is 10.7 Å². The zero-order chi connectivity index (χ0) is 19.2. The molecule has 2 fully saturated rings. The molecule has 0 radical (unpaired) electrons. The Labute approximate surface area is 182 Å². The number of likely N-dealkylation sites (N-methyl/N-ethyl adjacent to an activating group) is 1. The summed E-state index contributed by atoms with van der Waals surface area (Å²) in [5.41, 5.74) is 5.58. The van der Waals surface area contributed by atoms with Crippen LogP contribution in [-0.2, 0) is 4.79 Å². The molecule has 2 rings (SSSR count). The van der Waals surface area contributed by atoms with Crippen LogP contribution in [0.3, 0.4) is 0 Å². The Hall–Kier alpha value is -0.570. The van der Waals surface area contributed by atoms with Crippen LogP contribution in [0.15, 0.2) is 4.99 Å². The van der Waals surface area contributed by atoms with E-state index in [1.54, 1.807) is 0 Å². The molecule has 27 heavy (non-hydrogen) atoms. The maximum Gasteiger partial charge on any atom is 0.217 e. The molecule has 0 aromatic heterocycles. The third kappa shape index (κ3) is 7.07. The van der Waals surface area contributed by atoms with E-state index >= 15 is 0 Å². The van der Waals surface area contributed by atoms with Crippen LogP contribution < -0.4 is 11.1 Å². The van der Waals surface area contributed by atoms with Gasteiger partial charge in [-0.05, 0) is 58.5 Å². The highest BCUT2D eigenvalue weighted by Crippen LogP contribution is 2.36. The molecule has 6 nitrogen and oxygen atoms in total. The molecule has 0 aromatic rings. The Morgan fingerprint density at radius 3 is 2.67 bits per heavy atom. The lowest BCUT2D eigenvalue weighted by molar-refractivity contribution is -0.119. The van der Waals surface area contributed by atoms with E-state index < -0.39 is 0 Å². The molecule has 3 atom stereocenters. The third-order valence-electron chi connectivity index (χ3n) is 6.18. The number of carbonyl (C=O) groups excluding carboxylic acids is 1. The Morgan fingerprint density at radius 1 is 1.33 bits per heavy atom. The zero-order valence-electron chi connectivity index (χ0n) is 17.7. The molecule has 0 bridgehead atoms. The number of nitrogens with zero attached hydrogens (tertiary/aromatic N) is 3. The Kier molecular flexibility index (Phi) is 10.4. The highest BCUT2D eigenvalue weighted by atomic mass is 127. The fourth-order valence-corrected chi connectivity index (χ4v) is 4.68. The van der Waals surface area contributed by atoms with Crippen molar-refractivity contribution >= 4 is 35.8 Å². The van der Waals surface area contributed by atoms with Crippen LogP contribution in [0.2, 0.25) is 0 Å². The number of likely N-dealkylation sites (tertiary alicyclic amines) is 1. The van der Waals surface area contributed by atoms with E-state index in [0.717, 1.165) is 50.9 Å². The lowest BCUT2D eigenvalue weighted by Gasteiger charge is -2.44. The molecule has 2 aliphatic rings. The second kappa shape index (κ2) is 11.4. The summed E-state index contributed by atoms with van der Waals surface area (Å²) in [5, 5.41) is 3.47. The molecule has 1 heterocycles. The topological polar surface area (TPSA) is 74.0 Å². The van der Waals surface area contributed by atoms with E-state index in [1.165, 1.54) is 25.7 Å². The number of hydrogen-bond acceptors (Lipinski definition) is 3. The summed E-state index contributed by atoms with van der Waals surface area (Å²) in [6.45, 7) is 8.06. The van der Waals surface area contributed by atoms with Crippen molar-refractivity contribution in [1.29, 1.82) is 0 Å². The number of guanidine groups is 1. The quantitative estimate of drug-likeness (QED) is 0.339. The molecule has 3 N–H and O–H groups in total. The van der Waals surface area contributed by atoms with Crippen LogP contribution in [0.1, 0.15) is 58.8 Å². The minimum atomic E-state index is -0.193. The molecule has 1 amide bonds. The van der Waals surface area contributed by atoms with Crippen molar-refractivity contribution in [2.75, 3.05) is 40.3 Å². The van der Waals surface area contributed by atoms with Gasteiger partial charge in [0.15, 0.2) is 5.96 Å². The number of amides is 1. The molecule has 0 spiro atoms. The second-order valence-electron chi connectivity index (χ2n) is 8.62. The molecule has 158 valence electrons. The standard InChI is InChI=1S/C20H39N5O.HI/c1-5-22-19(25-11-7-9-17(14-25)12-18(21)26)23-15-20(24(3)4)10-6-8-16(2)13-20;/h16-17H,5-15H2,1-4H3,(H2,21,26)(H,22,23);1H. The number of nitrogens with two attached hydrogens (primary N) is 1. The number of rotatable bonds is 6. The molecular weight excluding hydrogens is 453 g/mol. The largest absolute Gasteiger partial charge is 0.370 e.